The van der Waals surface area contributed by atoms with Gasteiger partial charge in [0.2, 0.25) is 0 Å². The second kappa shape index (κ2) is 4.57. The number of rotatable bonds is 4. The van der Waals surface area contributed by atoms with Crippen molar-refractivity contribution in [3.8, 4) is 16.5 Å². The number of hydrogen-bond acceptors (Lipinski definition) is 6. The van der Waals surface area contributed by atoms with Crippen LogP contribution in [0.3, 0.4) is 0 Å². The van der Waals surface area contributed by atoms with Gasteiger partial charge < -0.3 is 13.9 Å². The van der Waals surface area contributed by atoms with E-state index in [0.29, 0.717) is 6.61 Å². The monoisotopic (exact) mass is 288 g/mol. The zero-order chi connectivity index (χ0) is 13.5. The van der Waals surface area contributed by atoms with Crippen molar-refractivity contribution < 1.29 is 13.9 Å². The molecule has 1 aromatic carbocycles. The van der Waals surface area contributed by atoms with E-state index >= 15 is 0 Å². The Labute approximate surface area is 119 Å². The molecule has 102 valence electrons. The molecule has 4 rings (SSSR count). The van der Waals surface area contributed by atoms with Gasteiger partial charge in [0.05, 0.1) is 12.0 Å². The predicted molar refractivity (Wildman–Crippen MR) is 75.1 cm³/mol. The highest BCUT2D eigenvalue weighted by molar-refractivity contribution is 7.14. The molecular weight excluding hydrogens is 276 g/mol. The minimum atomic E-state index is 0.238. The van der Waals surface area contributed by atoms with Crippen LogP contribution in [0.2, 0.25) is 0 Å². The molecule has 0 amide bonds. The van der Waals surface area contributed by atoms with Crippen LogP contribution >= 0.6 is 11.3 Å². The van der Waals surface area contributed by atoms with Gasteiger partial charge in [-0.3, -0.25) is 0 Å². The van der Waals surface area contributed by atoms with E-state index in [2.05, 4.69) is 10.2 Å². The first-order chi connectivity index (χ1) is 9.79. The molecule has 0 unspecified atom stereocenters. The first-order valence-corrected chi connectivity index (χ1v) is 7.19. The SMILES string of the molecule is Cc1nnc(-c2cc3c(OC[C@@H]4CO4)cccc3o2)s1. The summed E-state index contributed by atoms with van der Waals surface area (Å²) in [5.41, 5.74) is 0.794. The Morgan fingerprint density at radius 3 is 3.05 bits per heavy atom. The normalized spacial score (nSPS) is 17.6. The van der Waals surface area contributed by atoms with Gasteiger partial charge in [-0.1, -0.05) is 17.4 Å². The van der Waals surface area contributed by atoms with Gasteiger partial charge in [0.25, 0.3) is 0 Å². The lowest BCUT2D eigenvalue weighted by Crippen LogP contribution is -2.03. The highest BCUT2D eigenvalue weighted by Crippen LogP contribution is 2.34. The third-order valence-electron chi connectivity index (χ3n) is 3.09. The van der Waals surface area contributed by atoms with Crippen molar-refractivity contribution in [3.05, 3.63) is 29.3 Å². The number of furan rings is 1. The number of benzene rings is 1. The van der Waals surface area contributed by atoms with Crippen LogP contribution in [0.15, 0.2) is 28.7 Å². The lowest BCUT2D eigenvalue weighted by Gasteiger charge is -2.04. The van der Waals surface area contributed by atoms with Gasteiger partial charge in [0.1, 0.15) is 29.1 Å². The predicted octanol–water partition coefficient (Wildman–Crippen LogP) is 3.04. The maximum absolute atomic E-state index is 5.83. The van der Waals surface area contributed by atoms with Crippen LogP contribution in [0.1, 0.15) is 5.01 Å². The summed E-state index contributed by atoms with van der Waals surface area (Å²) in [4.78, 5) is 0. The highest BCUT2D eigenvalue weighted by atomic mass is 32.1. The molecule has 6 heteroatoms. The average Bonchev–Trinajstić information content (AvgIpc) is 3.00. The largest absolute Gasteiger partial charge is 0.490 e. The van der Waals surface area contributed by atoms with E-state index in [9.17, 15) is 0 Å². The zero-order valence-electron chi connectivity index (χ0n) is 10.8. The first kappa shape index (κ1) is 11.9. The van der Waals surface area contributed by atoms with Gasteiger partial charge in [-0.2, -0.15) is 0 Å². The van der Waals surface area contributed by atoms with E-state index in [0.717, 1.165) is 39.1 Å². The summed E-state index contributed by atoms with van der Waals surface area (Å²) in [5.74, 6) is 1.54. The highest BCUT2D eigenvalue weighted by Gasteiger charge is 2.23. The van der Waals surface area contributed by atoms with Crippen molar-refractivity contribution in [2.24, 2.45) is 0 Å². The van der Waals surface area contributed by atoms with E-state index in [1.807, 2.05) is 31.2 Å². The Bertz CT molecular complexity index is 761. The van der Waals surface area contributed by atoms with Crippen molar-refractivity contribution in [2.45, 2.75) is 13.0 Å². The number of ether oxygens (including phenoxy) is 2. The van der Waals surface area contributed by atoms with Gasteiger partial charge >= 0.3 is 0 Å². The van der Waals surface area contributed by atoms with E-state index in [4.69, 9.17) is 13.9 Å². The molecule has 0 radical (unpaired) electrons. The molecular formula is C14H12N2O3S. The Kier molecular flexibility index (Phi) is 2.71. The fraction of sp³-hybridized carbons (Fsp3) is 0.286. The number of aromatic nitrogens is 2. The summed E-state index contributed by atoms with van der Waals surface area (Å²) in [5, 5.41) is 10.8. The average molecular weight is 288 g/mol. The van der Waals surface area contributed by atoms with Crippen LogP contribution in [0.4, 0.5) is 0 Å². The minimum Gasteiger partial charge on any atom is -0.490 e. The van der Waals surface area contributed by atoms with Gasteiger partial charge in [0, 0.05) is 0 Å². The van der Waals surface area contributed by atoms with Gasteiger partial charge in [-0.25, -0.2) is 0 Å². The maximum Gasteiger partial charge on any atom is 0.183 e. The molecule has 3 heterocycles. The third kappa shape index (κ3) is 2.17. The molecule has 0 saturated carbocycles. The second-order valence-electron chi connectivity index (χ2n) is 4.67. The molecule has 1 aliphatic rings. The zero-order valence-corrected chi connectivity index (χ0v) is 11.6. The molecule has 0 spiro atoms. The summed E-state index contributed by atoms with van der Waals surface area (Å²) in [6, 6.07) is 7.74. The lowest BCUT2D eigenvalue weighted by molar-refractivity contribution is 0.265. The fourth-order valence-corrected chi connectivity index (χ4v) is 2.65. The molecule has 1 atom stereocenters. The summed E-state index contributed by atoms with van der Waals surface area (Å²) in [6.07, 6.45) is 0.238. The molecule has 0 aliphatic carbocycles. The van der Waals surface area contributed by atoms with Crippen molar-refractivity contribution >= 4 is 22.3 Å². The first-order valence-electron chi connectivity index (χ1n) is 6.37. The van der Waals surface area contributed by atoms with Crippen molar-refractivity contribution in [1.29, 1.82) is 0 Å². The van der Waals surface area contributed by atoms with Crippen LogP contribution in [0, 0.1) is 6.92 Å². The topological polar surface area (TPSA) is 60.7 Å². The number of nitrogens with zero attached hydrogens (tertiary/aromatic N) is 2. The van der Waals surface area contributed by atoms with Crippen LogP contribution in [0.5, 0.6) is 5.75 Å². The summed E-state index contributed by atoms with van der Waals surface area (Å²) < 4.78 is 16.8. The molecule has 5 nitrogen and oxygen atoms in total. The molecule has 2 aromatic heterocycles. The summed E-state index contributed by atoms with van der Waals surface area (Å²) in [7, 11) is 0. The molecule has 20 heavy (non-hydrogen) atoms. The lowest BCUT2D eigenvalue weighted by atomic mass is 10.2. The van der Waals surface area contributed by atoms with Gasteiger partial charge in [-0.05, 0) is 25.1 Å². The van der Waals surface area contributed by atoms with E-state index in [1.165, 1.54) is 11.3 Å². The standard InChI is InChI=1S/C14H12N2O3S/c1-8-15-16-14(20-8)13-5-10-11(18-7-9-6-17-9)3-2-4-12(10)19-13/h2-5,9H,6-7H2,1H3/t9-/m0/s1. The van der Waals surface area contributed by atoms with E-state index in [-0.39, 0.29) is 6.10 Å². The van der Waals surface area contributed by atoms with Crippen molar-refractivity contribution in [3.63, 3.8) is 0 Å². The number of hydrogen-bond donors (Lipinski definition) is 0. The van der Waals surface area contributed by atoms with Crippen molar-refractivity contribution in [2.75, 3.05) is 13.2 Å². The molecule has 0 bridgehead atoms. The quantitative estimate of drug-likeness (QED) is 0.691. The second-order valence-corrected chi connectivity index (χ2v) is 5.85. The smallest absolute Gasteiger partial charge is 0.183 e. The van der Waals surface area contributed by atoms with Crippen molar-refractivity contribution in [1.82, 2.24) is 10.2 Å². The van der Waals surface area contributed by atoms with Crippen LogP contribution in [-0.2, 0) is 4.74 Å². The number of aryl methyl sites for hydroxylation is 1. The molecule has 1 aliphatic heterocycles. The Balaban J connectivity index is 1.72. The van der Waals surface area contributed by atoms with Gasteiger partial charge in [-0.15, -0.1) is 10.2 Å². The minimum absolute atomic E-state index is 0.238. The van der Waals surface area contributed by atoms with Crippen LogP contribution in [0.25, 0.3) is 21.7 Å². The number of fused-ring (bicyclic) bond motifs is 1. The molecule has 0 N–H and O–H groups in total. The number of epoxide rings is 1. The van der Waals surface area contributed by atoms with E-state index < -0.39 is 0 Å². The Morgan fingerprint density at radius 2 is 2.30 bits per heavy atom. The van der Waals surface area contributed by atoms with Crippen LogP contribution in [-0.4, -0.2) is 29.5 Å². The fourth-order valence-electron chi connectivity index (χ4n) is 2.01. The van der Waals surface area contributed by atoms with Gasteiger partial charge in [0.15, 0.2) is 10.8 Å². The third-order valence-corrected chi connectivity index (χ3v) is 3.94. The Hall–Kier alpha value is -1.92. The summed E-state index contributed by atoms with van der Waals surface area (Å²) >= 11 is 1.51. The van der Waals surface area contributed by atoms with E-state index in [1.54, 1.807) is 0 Å². The molecule has 1 saturated heterocycles. The molecule has 3 aromatic rings. The Morgan fingerprint density at radius 1 is 1.40 bits per heavy atom. The summed E-state index contributed by atoms with van der Waals surface area (Å²) in [6.45, 7) is 3.29. The molecule has 1 fully saturated rings. The van der Waals surface area contributed by atoms with Crippen LogP contribution < -0.4 is 4.74 Å². The maximum atomic E-state index is 5.83.